The van der Waals surface area contributed by atoms with Crippen LogP contribution in [0.4, 0.5) is 5.69 Å². The molecule has 1 aromatic carbocycles. The molecule has 0 radical (unpaired) electrons. The summed E-state index contributed by atoms with van der Waals surface area (Å²) in [7, 11) is 0. The number of hydrogen-bond acceptors (Lipinski definition) is 2. The van der Waals surface area contributed by atoms with Crippen molar-refractivity contribution in [2.75, 3.05) is 18.0 Å². The average molecular weight is 281 g/mol. The van der Waals surface area contributed by atoms with Crippen molar-refractivity contribution < 1.29 is 0 Å². The Morgan fingerprint density at radius 2 is 1.84 bits per heavy atom. The van der Waals surface area contributed by atoms with Crippen molar-refractivity contribution >= 4 is 17.3 Å². The van der Waals surface area contributed by atoms with Crippen molar-refractivity contribution in [2.24, 2.45) is 11.8 Å². The number of piperazine rings is 1. The molecule has 1 aliphatic heterocycles. The summed E-state index contributed by atoms with van der Waals surface area (Å²) < 4.78 is 0. The summed E-state index contributed by atoms with van der Waals surface area (Å²) in [6.07, 6.45) is 0. The van der Waals surface area contributed by atoms with E-state index in [1.165, 1.54) is 5.69 Å². The molecular weight excluding hydrogens is 256 g/mol. The molecule has 1 fully saturated rings. The molecule has 1 heterocycles. The highest BCUT2D eigenvalue weighted by Crippen LogP contribution is 2.31. The van der Waals surface area contributed by atoms with Gasteiger partial charge >= 0.3 is 0 Å². The maximum Gasteiger partial charge on any atom is 0.0639 e. The lowest BCUT2D eigenvalue weighted by Gasteiger charge is -2.45. The third-order valence-corrected chi connectivity index (χ3v) is 4.44. The van der Waals surface area contributed by atoms with Crippen LogP contribution in [0.3, 0.4) is 0 Å². The van der Waals surface area contributed by atoms with Gasteiger partial charge in [-0.1, -0.05) is 51.4 Å². The lowest BCUT2D eigenvalue weighted by molar-refractivity contribution is 0.295. The van der Waals surface area contributed by atoms with Gasteiger partial charge in [0.15, 0.2) is 0 Å². The molecule has 19 heavy (non-hydrogen) atoms. The SMILES string of the molecule is CC(C)C1CN(c2ccccc2Cl)C(C(C)C)CN1. The van der Waals surface area contributed by atoms with Gasteiger partial charge in [0, 0.05) is 25.2 Å². The van der Waals surface area contributed by atoms with Crippen LogP contribution in [0.5, 0.6) is 0 Å². The van der Waals surface area contributed by atoms with E-state index in [0.717, 1.165) is 18.1 Å². The molecule has 1 aliphatic rings. The van der Waals surface area contributed by atoms with Crippen LogP contribution >= 0.6 is 11.6 Å². The summed E-state index contributed by atoms with van der Waals surface area (Å²) in [5.41, 5.74) is 1.18. The lowest BCUT2D eigenvalue weighted by atomic mass is 9.93. The predicted molar refractivity (Wildman–Crippen MR) is 84.1 cm³/mol. The van der Waals surface area contributed by atoms with E-state index in [-0.39, 0.29) is 0 Å². The first-order valence-electron chi connectivity index (χ1n) is 7.25. The molecule has 0 aromatic heterocycles. The summed E-state index contributed by atoms with van der Waals surface area (Å²) >= 11 is 6.39. The highest BCUT2D eigenvalue weighted by Gasteiger charge is 2.31. The van der Waals surface area contributed by atoms with Crippen LogP contribution in [0.15, 0.2) is 24.3 Å². The quantitative estimate of drug-likeness (QED) is 0.906. The fraction of sp³-hybridized carbons (Fsp3) is 0.625. The number of rotatable bonds is 3. The second kappa shape index (κ2) is 6.15. The fourth-order valence-electron chi connectivity index (χ4n) is 2.80. The van der Waals surface area contributed by atoms with Crippen LogP contribution in [-0.2, 0) is 0 Å². The molecule has 1 N–H and O–H groups in total. The number of para-hydroxylation sites is 1. The van der Waals surface area contributed by atoms with E-state index >= 15 is 0 Å². The van der Waals surface area contributed by atoms with Gasteiger partial charge in [-0.2, -0.15) is 0 Å². The first-order chi connectivity index (χ1) is 9.00. The topological polar surface area (TPSA) is 15.3 Å². The number of nitrogens with zero attached hydrogens (tertiary/aromatic N) is 1. The normalized spacial score (nSPS) is 24.3. The summed E-state index contributed by atoms with van der Waals surface area (Å²) in [6, 6.07) is 9.24. The van der Waals surface area contributed by atoms with Gasteiger partial charge in [0.1, 0.15) is 0 Å². The zero-order chi connectivity index (χ0) is 14.0. The molecule has 3 heteroatoms. The minimum Gasteiger partial charge on any atom is -0.364 e. The molecule has 2 unspecified atom stereocenters. The molecule has 106 valence electrons. The molecule has 0 bridgehead atoms. The van der Waals surface area contributed by atoms with Gasteiger partial charge < -0.3 is 10.2 Å². The van der Waals surface area contributed by atoms with Crippen molar-refractivity contribution in [2.45, 2.75) is 39.8 Å². The second-order valence-corrected chi connectivity index (χ2v) is 6.58. The van der Waals surface area contributed by atoms with Crippen LogP contribution in [-0.4, -0.2) is 25.2 Å². The Bertz CT molecular complexity index is 417. The Balaban J connectivity index is 2.28. The Morgan fingerprint density at radius 3 is 2.42 bits per heavy atom. The Morgan fingerprint density at radius 1 is 1.16 bits per heavy atom. The standard InChI is InChI=1S/C16H25ClN2/c1-11(2)14-10-19(16(9-18-14)12(3)4)15-8-6-5-7-13(15)17/h5-8,11-12,14,16,18H,9-10H2,1-4H3. The molecule has 1 saturated heterocycles. The Hall–Kier alpha value is -0.730. The van der Waals surface area contributed by atoms with Crippen molar-refractivity contribution in [1.82, 2.24) is 5.32 Å². The molecule has 0 aliphatic carbocycles. The molecule has 0 saturated carbocycles. The van der Waals surface area contributed by atoms with Crippen LogP contribution in [0, 0.1) is 11.8 Å². The van der Waals surface area contributed by atoms with Crippen LogP contribution < -0.4 is 10.2 Å². The van der Waals surface area contributed by atoms with Gasteiger partial charge in [0.2, 0.25) is 0 Å². The first-order valence-corrected chi connectivity index (χ1v) is 7.63. The van der Waals surface area contributed by atoms with Crippen LogP contribution in [0.2, 0.25) is 5.02 Å². The molecule has 2 nitrogen and oxygen atoms in total. The predicted octanol–water partition coefficient (Wildman–Crippen LogP) is 3.80. The van der Waals surface area contributed by atoms with Crippen molar-refractivity contribution in [1.29, 1.82) is 0 Å². The third kappa shape index (κ3) is 3.24. The molecule has 0 amide bonds. The summed E-state index contributed by atoms with van der Waals surface area (Å²) in [5.74, 6) is 1.25. The largest absolute Gasteiger partial charge is 0.364 e. The zero-order valence-corrected chi connectivity index (χ0v) is 13.1. The van der Waals surface area contributed by atoms with Crippen LogP contribution in [0.1, 0.15) is 27.7 Å². The summed E-state index contributed by atoms with van der Waals surface area (Å²) in [5, 5.41) is 4.54. The number of nitrogens with one attached hydrogen (secondary N) is 1. The van der Waals surface area contributed by atoms with E-state index in [1.54, 1.807) is 0 Å². The minimum absolute atomic E-state index is 0.509. The molecule has 2 rings (SSSR count). The Kier molecular flexibility index (Phi) is 4.75. The number of halogens is 1. The van der Waals surface area contributed by atoms with E-state index in [1.807, 2.05) is 12.1 Å². The van der Waals surface area contributed by atoms with Gasteiger partial charge in [0.05, 0.1) is 10.7 Å². The van der Waals surface area contributed by atoms with E-state index in [4.69, 9.17) is 11.6 Å². The number of anilines is 1. The van der Waals surface area contributed by atoms with Gasteiger partial charge in [-0.05, 0) is 24.0 Å². The summed E-state index contributed by atoms with van der Waals surface area (Å²) in [4.78, 5) is 2.49. The molecule has 0 spiro atoms. The maximum absolute atomic E-state index is 6.39. The average Bonchev–Trinajstić information content (AvgIpc) is 2.38. The first kappa shape index (κ1) is 14.7. The number of benzene rings is 1. The highest BCUT2D eigenvalue weighted by molar-refractivity contribution is 6.33. The third-order valence-electron chi connectivity index (χ3n) is 4.12. The molecule has 1 aromatic rings. The number of hydrogen-bond donors (Lipinski definition) is 1. The monoisotopic (exact) mass is 280 g/mol. The van der Waals surface area contributed by atoms with Crippen LogP contribution in [0.25, 0.3) is 0 Å². The second-order valence-electron chi connectivity index (χ2n) is 6.17. The molecule has 2 atom stereocenters. The van der Waals surface area contributed by atoms with Gasteiger partial charge in [0.25, 0.3) is 0 Å². The van der Waals surface area contributed by atoms with E-state index in [2.05, 4.69) is 50.0 Å². The smallest absolute Gasteiger partial charge is 0.0639 e. The van der Waals surface area contributed by atoms with Gasteiger partial charge in [-0.3, -0.25) is 0 Å². The van der Waals surface area contributed by atoms with Gasteiger partial charge in [-0.15, -0.1) is 0 Å². The summed E-state index contributed by atoms with van der Waals surface area (Å²) in [6.45, 7) is 11.2. The maximum atomic E-state index is 6.39. The van der Waals surface area contributed by atoms with Crippen molar-refractivity contribution in [3.63, 3.8) is 0 Å². The van der Waals surface area contributed by atoms with E-state index in [0.29, 0.717) is 23.9 Å². The zero-order valence-electron chi connectivity index (χ0n) is 12.4. The van der Waals surface area contributed by atoms with E-state index in [9.17, 15) is 0 Å². The van der Waals surface area contributed by atoms with E-state index < -0.39 is 0 Å². The lowest BCUT2D eigenvalue weighted by Crippen LogP contribution is -2.60. The van der Waals surface area contributed by atoms with Gasteiger partial charge in [-0.25, -0.2) is 0 Å². The highest BCUT2D eigenvalue weighted by atomic mass is 35.5. The Labute approximate surface area is 122 Å². The molecular formula is C16H25ClN2. The van der Waals surface area contributed by atoms with Crippen molar-refractivity contribution in [3.05, 3.63) is 29.3 Å². The fourth-order valence-corrected chi connectivity index (χ4v) is 3.04. The minimum atomic E-state index is 0.509. The van der Waals surface area contributed by atoms with Crippen molar-refractivity contribution in [3.8, 4) is 0 Å².